The van der Waals surface area contributed by atoms with Crippen LogP contribution in [-0.4, -0.2) is 35.5 Å². The molecule has 1 atom stereocenters. The van der Waals surface area contributed by atoms with E-state index in [4.69, 9.17) is 0 Å². The predicted octanol–water partition coefficient (Wildman–Crippen LogP) is 2.61. The minimum atomic E-state index is 0.833. The summed E-state index contributed by atoms with van der Waals surface area (Å²) < 4.78 is 0. The smallest absolute Gasteiger partial charge is 0.0158 e. The molecule has 0 N–H and O–H groups in total. The first-order valence-corrected chi connectivity index (χ1v) is 6.83. The van der Waals surface area contributed by atoms with Crippen molar-refractivity contribution >= 4 is 11.8 Å². The lowest BCUT2D eigenvalue weighted by Crippen LogP contribution is -2.42. The molecule has 2 aliphatic rings. The van der Waals surface area contributed by atoms with Crippen LogP contribution < -0.4 is 0 Å². The summed E-state index contributed by atoms with van der Waals surface area (Å²) in [6.07, 6.45) is 5.97. The molecule has 2 fully saturated rings. The largest absolute Gasteiger partial charge is 0.299 e. The van der Waals surface area contributed by atoms with E-state index in [2.05, 4.69) is 23.6 Å². The molecule has 1 saturated heterocycles. The zero-order chi connectivity index (χ0) is 9.10. The number of thioether (sulfide) groups is 1. The van der Waals surface area contributed by atoms with Crippen LogP contribution in [-0.2, 0) is 0 Å². The van der Waals surface area contributed by atoms with Crippen LogP contribution >= 0.6 is 11.8 Å². The second-order valence-electron chi connectivity index (χ2n) is 4.57. The normalized spacial score (nSPS) is 32.5. The van der Waals surface area contributed by atoms with Gasteiger partial charge in [-0.05, 0) is 25.7 Å². The van der Waals surface area contributed by atoms with Crippen LogP contribution in [0.3, 0.4) is 0 Å². The lowest BCUT2D eigenvalue weighted by Gasteiger charge is -2.34. The third-order valence-corrected chi connectivity index (χ3v) is 4.66. The van der Waals surface area contributed by atoms with Crippen LogP contribution in [0.15, 0.2) is 0 Å². The Morgan fingerprint density at radius 2 is 2.08 bits per heavy atom. The van der Waals surface area contributed by atoms with E-state index in [1.807, 2.05) is 0 Å². The van der Waals surface area contributed by atoms with Gasteiger partial charge < -0.3 is 0 Å². The van der Waals surface area contributed by atoms with E-state index in [1.54, 1.807) is 0 Å². The fourth-order valence-electron chi connectivity index (χ4n) is 2.56. The maximum Gasteiger partial charge on any atom is 0.0158 e. The lowest BCUT2D eigenvalue weighted by atomic mass is 10.1. The average molecular weight is 199 g/mol. The molecule has 2 rings (SSSR count). The molecular formula is C11H21NS. The molecule has 1 unspecified atom stereocenters. The summed E-state index contributed by atoms with van der Waals surface area (Å²) in [5.41, 5.74) is 0. The number of hydrogen-bond acceptors (Lipinski definition) is 2. The van der Waals surface area contributed by atoms with Crippen molar-refractivity contribution in [2.24, 2.45) is 5.92 Å². The Hall–Kier alpha value is 0.310. The maximum atomic E-state index is 2.71. The van der Waals surface area contributed by atoms with Gasteiger partial charge in [-0.1, -0.05) is 12.8 Å². The second-order valence-corrected chi connectivity index (χ2v) is 5.72. The van der Waals surface area contributed by atoms with E-state index in [0.717, 1.165) is 12.0 Å². The summed E-state index contributed by atoms with van der Waals surface area (Å²) in [4.78, 5) is 2.71. The molecule has 0 radical (unpaired) electrons. The van der Waals surface area contributed by atoms with E-state index in [9.17, 15) is 0 Å². The van der Waals surface area contributed by atoms with Gasteiger partial charge >= 0.3 is 0 Å². The number of hydrogen-bond donors (Lipinski definition) is 0. The first-order chi connectivity index (χ1) is 6.36. The fraction of sp³-hybridized carbons (Fsp3) is 1.00. The highest BCUT2D eigenvalue weighted by molar-refractivity contribution is 7.99. The number of rotatable bonds is 2. The predicted molar refractivity (Wildman–Crippen MR) is 60.3 cm³/mol. The van der Waals surface area contributed by atoms with Gasteiger partial charge in [0.1, 0.15) is 0 Å². The Labute approximate surface area is 86.3 Å². The van der Waals surface area contributed by atoms with Gasteiger partial charge in [-0.2, -0.15) is 11.8 Å². The molecule has 0 aromatic rings. The Bertz CT molecular complexity index is 154. The van der Waals surface area contributed by atoms with E-state index in [0.29, 0.717) is 0 Å². The van der Waals surface area contributed by atoms with Gasteiger partial charge in [0.25, 0.3) is 0 Å². The van der Waals surface area contributed by atoms with Crippen molar-refractivity contribution in [1.29, 1.82) is 0 Å². The molecule has 1 aliphatic carbocycles. The van der Waals surface area contributed by atoms with E-state index in [-0.39, 0.29) is 0 Å². The van der Waals surface area contributed by atoms with Gasteiger partial charge in [0.15, 0.2) is 0 Å². The first kappa shape index (κ1) is 9.85. The van der Waals surface area contributed by atoms with E-state index < -0.39 is 0 Å². The Morgan fingerprint density at radius 1 is 1.31 bits per heavy atom. The monoisotopic (exact) mass is 199 g/mol. The van der Waals surface area contributed by atoms with Crippen molar-refractivity contribution < 1.29 is 0 Å². The van der Waals surface area contributed by atoms with Crippen molar-refractivity contribution in [2.45, 2.75) is 38.6 Å². The molecule has 1 aliphatic heterocycles. The van der Waals surface area contributed by atoms with Gasteiger partial charge in [0, 0.05) is 30.6 Å². The Balaban J connectivity index is 1.78. The highest BCUT2D eigenvalue weighted by Crippen LogP contribution is 2.27. The molecule has 0 aromatic carbocycles. The van der Waals surface area contributed by atoms with E-state index in [1.165, 1.54) is 50.3 Å². The van der Waals surface area contributed by atoms with Crippen LogP contribution in [0.4, 0.5) is 0 Å². The average Bonchev–Trinajstić information content (AvgIpc) is 2.61. The molecule has 1 heterocycles. The highest BCUT2D eigenvalue weighted by atomic mass is 32.2. The van der Waals surface area contributed by atoms with Crippen LogP contribution in [0, 0.1) is 5.92 Å². The SMILES string of the molecule is CC1CSCCN1CC1CCCC1. The summed E-state index contributed by atoms with van der Waals surface area (Å²) in [6.45, 7) is 5.12. The molecular weight excluding hydrogens is 178 g/mol. The third-order valence-electron chi connectivity index (χ3n) is 3.47. The van der Waals surface area contributed by atoms with Gasteiger partial charge in [0.2, 0.25) is 0 Å². The summed E-state index contributed by atoms with van der Waals surface area (Å²) in [7, 11) is 0. The van der Waals surface area contributed by atoms with Crippen LogP contribution in [0.1, 0.15) is 32.6 Å². The van der Waals surface area contributed by atoms with Crippen molar-refractivity contribution in [2.75, 3.05) is 24.6 Å². The van der Waals surface area contributed by atoms with Crippen molar-refractivity contribution in [3.63, 3.8) is 0 Å². The minimum absolute atomic E-state index is 0.833. The van der Waals surface area contributed by atoms with E-state index >= 15 is 0 Å². The summed E-state index contributed by atoms with van der Waals surface area (Å²) >= 11 is 2.12. The van der Waals surface area contributed by atoms with Crippen LogP contribution in [0.25, 0.3) is 0 Å². The second kappa shape index (κ2) is 4.70. The molecule has 0 aromatic heterocycles. The molecule has 0 bridgehead atoms. The van der Waals surface area contributed by atoms with Crippen molar-refractivity contribution in [3.8, 4) is 0 Å². The summed E-state index contributed by atoms with van der Waals surface area (Å²) in [6, 6.07) is 0.833. The molecule has 0 amide bonds. The van der Waals surface area contributed by atoms with Gasteiger partial charge in [-0.15, -0.1) is 0 Å². The van der Waals surface area contributed by atoms with Crippen molar-refractivity contribution in [3.05, 3.63) is 0 Å². The van der Waals surface area contributed by atoms with Crippen LogP contribution in [0.2, 0.25) is 0 Å². The standard InChI is InChI=1S/C11H21NS/c1-10-9-13-7-6-12(10)8-11-4-2-3-5-11/h10-11H,2-9H2,1H3. The quantitative estimate of drug-likeness (QED) is 0.672. The van der Waals surface area contributed by atoms with Crippen LogP contribution in [0.5, 0.6) is 0 Å². The molecule has 0 spiro atoms. The van der Waals surface area contributed by atoms with Crippen molar-refractivity contribution in [1.82, 2.24) is 4.90 Å². The van der Waals surface area contributed by atoms with Gasteiger partial charge in [-0.25, -0.2) is 0 Å². The Kier molecular flexibility index (Phi) is 3.56. The summed E-state index contributed by atoms with van der Waals surface area (Å²) in [5.74, 6) is 3.74. The molecule has 2 heteroatoms. The molecule has 13 heavy (non-hydrogen) atoms. The zero-order valence-electron chi connectivity index (χ0n) is 8.67. The zero-order valence-corrected chi connectivity index (χ0v) is 9.48. The fourth-order valence-corrected chi connectivity index (χ4v) is 3.64. The van der Waals surface area contributed by atoms with Gasteiger partial charge in [-0.3, -0.25) is 4.90 Å². The summed E-state index contributed by atoms with van der Waals surface area (Å²) in [5, 5.41) is 0. The lowest BCUT2D eigenvalue weighted by molar-refractivity contribution is 0.197. The third kappa shape index (κ3) is 2.63. The minimum Gasteiger partial charge on any atom is -0.299 e. The molecule has 1 saturated carbocycles. The van der Waals surface area contributed by atoms with Gasteiger partial charge in [0.05, 0.1) is 0 Å². The maximum absolute atomic E-state index is 2.71. The Morgan fingerprint density at radius 3 is 2.77 bits per heavy atom. The number of nitrogens with zero attached hydrogens (tertiary/aromatic N) is 1. The topological polar surface area (TPSA) is 3.24 Å². The highest BCUT2D eigenvalue weighted by Gasteiger charge is 2.23. The molecule has 1 nitrogen and oxygen atoms in total. The first-order valence-electron chi connectivity index (χ1n) is 5.68. The molecule has 76 valence electrons.